The van der Waals surface area contributed by atoms with E-state index in [4.69, 9.17) is 14.7 Å². The van der Waals surface area contributed by atoms with E-state index in [1.54, 1.807) is 12.1 Å². The second-order valence-corrected chi connectivity index (χ2v) is 6.07. The van der Waals surface area contributed by atoms with Crippen molar-refractivity contribution in [2.45, 2.75) is 19.3 Å². The van der Waals surface area contributed by atoms with Crippen molar-refractivity contribution in [2.75, 3.05) is 0 Å². The van der Waals surface area contributed by atoms with E-state index in [0.717, 1.165) is 11.1 Å². The van der Waals surface area contributed by atoms with Crippen LogP contribution in [0.4, 0.5) is 0 Å². The lowest BCUT2D eigenvalue weighted by atomic mass is 10.1. The first-order valence-corrected chi connectivity index (χ1v) is 8.68. The van der Waals surface area contributed by atoms with Crippen LogP contribution in [0.15, 0.2) is 78.9 Å². The maximum atomic E-state index is 11.1. The summed E-state index contributed by atoms with van der Waals surface area (Å²) >= 11 is 0. The largest absolute Gasteiger partial charge is 0.485 e. The van der Waals surface area contributed by atoms with Crippen molar-refractivity contribution in [3.05, 3.63) is 106 Å². The number of hydrogen-bond acceptors (Lipinski definition) is 5. The van der Waals surface area contributed by atoms with Crippen molar-refractivity contribution in [1.82, 2.24) is 0 Å². The first-order chi connectivity index (χ1) is 13.7. The van der Waals surface area contributed by atoms with Crippen LogP contribution < -0.4 is 9.47 Å². The molecular weight excluding hydrogens is 356 g/mol. The van der Waals surface area contributed by atoms with Gasteiger partial charge in [-0.1, -0.05) is 60.7 Å². The summed E-state index contributed by atoms with van der Waals surface area (Å²) in [5.41, 5.74) is 2.19. The van der Waals surface area contributed by atoms with Gasteiger partial charge in [0.15, 0.2) is 11.5 Å². The molecule has 3 rings (SSSR count). The van der Waals surface area contributed by atoms with Gasteiger partial charge >= 0.3 is 6.04 Å². The number of ether oxygens (including phenoxy) is 2. The van der Waals surface area contributed by atoms with Gasteiger partial charge in [-0.3, -0.25) is 10.1 Å². The van der Waals surface area contributed by atoms with E-state index >= 15 is 0 Å². The van der Waals surface area contributed by atoms with Crippen molar-refractivity contribution >= 4 is 0 Å². The van der Waals surface area contributed by atoms with Crippen LogP contribution in [0.1, 0.15) is 22.7 Å². The van der Waals surface area contributed by atoms with E-state index in [-0.39, 0.29) is 12.2 Å². The minimum atomic E-state index is -1.46. The summed E-state index contributed by atoms with van der Waals surface area (Å²) in [6.45, 7) is 0.612. The molecule has 0 aliphatic rings. The van der Waals surface area contributed by atoms with Gasteiger partial charge in [0, 0.05) is 10.5 Å². The molecule has 6 nitrogen and oxygen atoms in total. The van der Waals surface area contributed by atoms with E-state index < -0.39 is 11.0 Å². The zero-order chi connectivity index (χ0) is 19.8. The predicted molar refractivity (Wildman–Crippen MR) is 103 cm³/mol. The summed E-state index contributed by atoms with van der Waals surface area (Å²) in [7, 11) is 0. The third-order valence-electron chi connectivity index (χ3n) is 4.09. The third-order valence-corrected chi connectivity index (χ3v) is 4.09. The minimum Gasteiger partial charge on any atom is -0.485 e. The normalized spacial score (nSPS) is 11.2. The molecule has 0 saturated heterocycles. The fraction of sp³-hybridized carbons (Fsp3) is 0.136. The second-order valence-electron chi connectivity index (χ2n) is 6.07. The number of hydrogen-bond donors (Lipinski definition) is 0. The second kappa shape index (κ2) is 9.19. The number of rotatable bonds is 8. The molecule has 0 amide bonds. The molecule has 0 fully saturated rings. The Morgan fingerprint density at radius 1 is 0.857 bits per heavy atom. The van der Waals surface area contributed by atoms with Crippen LogP contribution in [0.5, 0.6) is 11.5 Å². The zero-order valence-corrected chi connectivity index (χ0v) is 15.0. The van der Waals surface area contributed by atoms with E-state index in [1.807, 2.05) is 60.7 Å². The average Bonchev–Trinajstić information content (AvgIpc) is 2.73. The SMILES string of the molecule is N#CC(c1ccc(OCc2ccccc2)c(OCc2ccccc2)c1)[N+](=O)[O-]. The topological polar surface area (TPSA) is 85.4 Å². The molecule has 0 heterocycles. The summed E-state index contributed by atoms with van der Waals surface area (Å²) < 4.78 is 11.7. The average molecular weight is 374 g/mol. The van der Waals surface area contributed by atoms with Gasteiger partial charge in [0.25, 0.3) is 0 Å². The predicted octanol–water partition coefficient (Wildman–Crippen LogP) is 4.69. The maximum Gasteiger partial charge on any atom is 0.321 e. The van der Waals surface area contributed by atoms with Gasteiger partial charge in [-0.2, -0.15) is 5.26 Å². The molecule has 1 atom stereocenters. The van der Waals surface area contributed by atoms with E-state index in [0.29, 0.717) is 18.1 Å². The molecule has 140 valence electrons. The summed E-state index contributed by atoms with van der Waals surface area (Å²) in [6.07, 6.45) is 0. The van der Waals surface area contributed by atoms with Crippen LogP contribution in [0, 0.1) is 21.4 Å². The fourth-order valence-electron chi connectivity index (χ4n) is 2.64. The molecule has 3 aromatic carbocycles. The monoisotopic (exact) mass is 374 g/mol. The number of nitrogens with zero attached hydrogens (tertiary/aromatic N) is 2. The van der Waals surface area contributed by atoms with Gasteiger partial charge in [-0.15, -0.1) is 0 Å². The van der Waals surface area contributed by atoms with E-state index in [2.05, 4.69) is 0 Å². The molecule has 0 spiro atoms. The lowest BCUT2D eigenvalue weighted by Gasteiger charge is -2.14. The molecule has 3 aromatic rings. The smallest absolute Gasteiger partial charge is 0.321 e. The Kier molecular flexibility index (Phi) is 6.21. The standard InChI is InChI=1S/C22H18N2O4/c23-14-20(24(25)26)19-11-12-21(27-15-17-7-3-1-4-8-17)22(13-19)28-16-18-9-5-2-6-10-18/h1-13,20H,15-16H2. The van der Waals surface area contributed by atoms with Gasteiger partial charge < -0.3 is 9.47 Å². The summed E-state index contributed by atoms with van der Waals surface area (Å²) in [4.78, 5) is 10.5. The maximum absolute atomic E-state index is 11.1. The van der Waals surface area contributed by atoms with Crippen LogP contribution in [0.25, 0.3) is 0 Å². The Hall–Kier alpha value is -3.85. The number of benzene rings is 3. The Balaban J connectivity index is 1.84. The molecule has 28 heavy (non-hydrogen) atoms. The van der Waals surface area contributed by atoms with Crippen LogP contribution >= 0.6 is 0 Å². The Morgan fingerprint density at radius 3 is 1.89 bits per heavy atom. The molecule has 0 aromatic heterocycles. The lowest BCUT2D eigenvalue weighted by molar-refractivity contribution is -0.512. The molecule has 0 aliphatic carbocycles. The van der Waals surface area contributed by atoms with Gasteiger partial charge in [-0.25, -0.2) is 0 Å². The molecule has 0 radical (unpaired) electrons. The summed E-state index contributed by atoms with van der Waals surface area (Å²) in [5, 5.41) is 20.2. The van der Waals surface area contributed by atoms with Crippen molar-refractivity contribution < 1.29 is 14.4 Å². The molecule has 0 N–H and O–H groups in total. The Morgan fingerprint density at radius 2 is 1.39 bits per heavy atom. The van der Waals surface area contributed by atoms with Crippen LogP contribution in [-0.4, -0.2) is 4.92 Å². The molecule has 0 aliphatic heterocycles. The Labute approximate surface area is 162 Å². The van der Waals surface area contributed by atoms with Gasteiger partial charge in [0.05, 0.1) is 0 Å². The summed E-state index contributed by atoms with van der Waals surface area (Å²) in [6, 6.07) is 24.1. The van der Waals surface area contributed by atoms with E-state index in [1.165, 1.54) is 12.1 Å². The molecule has 1 unspecified atom stereocenters. The van der Waals surface area contributed by atoms with Gasteiger partial charge in [0.2, 0.25) is 0 Å². The lowest BCUT2D eigenvalue weighted by Crippen LogP contribution is -2.09. The van der Waals surface area contributed by atoms with Gasteiger partial charge in [-0.05, 0) is 29.3 Å². The molecule has 0 bridgehead atoms. The molecular formula is C22H18N2O4. The van der Waals surface area contributed by atoms with Gasteiger partial charge in [0.1, 0.15) is 19.3 Å². The first kappa shape index (κ1) is 18.9. The van der Waals surface area contributed by atoms with Crippen molar-refractivity contribution in [3.63, 3.8) is 0 Å². The summed E-state index contributed by atoms with van der Waals surface area (Å²) in [5.74, 6) is 0.822. The van der Waals surface area contributed by atoms with Crippen molar-refractivity contribution in [3.8, 4) is 17.6 Å². The fourth-order valence-corrected chi connectivity index (χ4v) is 2.64. The van der Waals surface area contributed by atoms with Crippen LogP contribution in [0.3, 0.4) is 0 Å². The highest BCUT2D eigenvalue weighted by atomic mass is 16.6. The highest BCUT2D eigenvalue weighted by Crippen LogP contribution is 2.32. The minimum absolute atomic E-state index is 0.252. The highest BCUT2D eigenvalue weighted by Gasteiger charge is 2.23. The number of nitro groups is 1. The van der Waals surface area contributed by atoms with Crippen LogP contribution in [-0.2, 0) is 13.2 Å². The number of nitriles is 1. The zero-order valence-electron chi connectivity index (χ0n) is 15.0. The van der Waals surface area contributed by atoms with Crippen molar-refractivity contribution in [2.24, 2.45) is 0 Å². The Bertz CT molecular complexity index is 969. The van der Waals surface area contributed by atoms with E-state index in [9.17, 15) is 10.1 Å². The molecule has 0 saturated carbocycles. The highest BCUT2D eigenvalue weighted by molar-refractivity contribution is 5.44. The van der Waals surface area contributed by atoms with Crippen LogP contribution in [0.2, 0.25) is 0 Å². The quantitative estimate of drug-likeness (QED) is 0.422. The first-order valence-electron chi connectivity index (χ1n) is 8.68. The third kappa shape index (κ3) is 4.86. The molecule has 6 heteroatoms. The van der Waals surface area contributed by atoms with Crippen molar-refractivity contribution in [1.29, 1.82) is 5.26 Å².